The Kier molecular flexibility index (Phi) is 19.6. The van der Waals surface area contributed by atoms with E-state index in [2.05, 4.69) is 0 Å². The van der Waals surface area contributed by atoms with Crippen LogP contribution in [0.1, 0.15) is 0 Å². The summed E-state index contributed by atoms with van der Waals surface area (Å²) in [6, 6.07) is 12.0. The average molecular weight is 136 g/mol. The van der Waals surface area contributed by atoms with Gasteiger partial charge in [-0.2, -0.15) is 13.5 Å². The van der Waals surface area contributed by atoms with Crippen LogP contribution in [-0.2, 0) is 0 Å². The van der Waals surface area contributed by atoms with Crippen LogP contribution in [0.2, 0.25) is 0 Å². The topological polar surface area (TPSA) is 30.0 Å². The van der Waals surface area contributed by atoms with Crippen LogP contribution in [0.4, 0.5) is 0 Å². The molecule has 0 heterocycles. The Hall–Kier alpha value is 0.127. The molecule has 0 saturated heterocycles. The van der Waals surface area contributed by atoms with Gasteiger partial charge in [0.15, 0.2) is 0 Å². The molecule has 0 bridgehead atoms. The zero-order chi connectivity index (χ0) is 4.24. The fourth-order valence-corrected chi connectivity index (χ4v) is 0.385. The minimum absolute atomic E-state index is 0. The molecule has 0 aliphatic heterocycles. The molecule has 1 aromatic carbocycles. The van der Waals surface area contributed by atoms with E-state index in [4.69, 9.17) is 0 Å². The van der Waals surface area contributed by atoms with Gasteiger partial charge in [-0.05, 0) is 0 Å². The molecule has 3 heteroatoms. The van der Waals surface area contributed by atoms with Crippen molar-refractivity contribution in [1.82, 2.24) is 0 Å². The summed E-state index contributed by atoms with van der Waals surface area (Å²) >= 11 is 0. The number of benzene rings is 1. The predicted octanol–water partition coefficient (Wildman–Crippen LogP) is -1.37. The van der Waals surface area contributed by atoms with Crippen molar-refractivity contribution in [2.45, 2.75) is 0 Å². The average Bonchev–Trinajstić information content (AvgIpc) is 1.72. The molecule has 0 fully saturated rings. The number of hydrogen-bond acceptors (Lipinski definition) is 1. The van der Waals surface area contributed by atoms with Gasteiger partial charge in [-0.3, -0.25) is 0 Å². The number of hydrogen-bond donors (Lipinski definition) is 0. The van der Waals surface area contributed by atoms with E-state index in [9.17, 15) is 0 Å². The van der Waals surface area contributed by atoms with Gasteiger partial charge in [0.25, 0.3) is 0 Å². The van der Waals surface area contributed by atoms with Gasteiger partial charge >= 0.3 is 18.9 Å². The van der Waals surface area contributed by atoms with E-state index in [1.807, 2.05) is 36.4 Å². The predicted molar refractivity (Wildman–Crippen MR) is 38.8 cm³/mol. The molecular weight excluding hydrogens is 127 g/mol. The van der Waals surface area contributed by atoms with Crippen LogP contribution in [0.5, 0.6) is 0 Å². The molecule has 46 valence electrons. The van der Waals surface area contributed by atoms with E-state index >= 15 is 0 Å². The van der Waals surface area contributed by atoms with Gasteiger partial charge in [-0.25, -0.2) is 0 Å². The van der Waals surface area contributed by atoms with E-state index in [0.29, 0.717) is 0 Å². The molecule has 0 spiro atoms. The van der Waals surface area contributed by atoms with Crippen molar-refractivity contribution in [3.05, 3.63) is 36.4 Å². The van der Waals surface area contributed by atoms with Crippen molar-refractivity contribution in [2.75, 3.05) is 0 Å². The molecule has 0 aromatic heterocycles. The molecule has 0 amide bonds. The third-order valence-corrected chi connectivity index (χ3v) is 0.667. The first-order valence-electron chi connectivity index (χ1n) is 2.00. The summed E-state index contributed by atoms with van der Waals surface area (Å²) in [7, 11) is 0. The van der Waals surface area contributed by atoms with Gasteiger partial charge in [-0.1, -0.05) is 36.4 Å². The second-order valence-corrected chi connectivity index (χ2v) is 1.15. The molecule has 0 atom stereocenters. The van der Waals surface area contributed by atoms with Crippen LogP contribution in [0.3, 0.4) is 0 Å². The van der Waals surface area contributed by atoms with Gasteiger partial charge in [-0.15, -0.1) is 0 Å². The third-order valence-electron chi connectivity index (χ3n) is 0.667. The van der Waals surface area contributed by atoms with E-state index in [-0.39, 0.29) is 37.8 Å². The van der Waals surface area contributed by atoms with Crippen LogP contribution in [0, 0.1) is 0 Å². The van der Waals surface area contributed by atoms with E-state index < -0.39 is 0 Å². The summed E-state index contributed by atoms with van der Waals surface area (Å²) in [6.45, 7) is 0. The Morgan fingerprint density at radius 1 is 0.556 bits per heavy atom. The van der Waals surface area contributed by atoms with E-state index in [0.717, 1.165) is 0 Å². The van der Waals surface area contributed by atoms with Crippen molar-refractivity contribution < 1.29 is 24.3 Å². The van der Waals surface area contributed by atoms with Crippen LogP contribution in [-0.4, -0.2) is 5.48 Å². The van der Waals surface area contributed by atoms with Gasteiger partial charge in [0.2, 0.25) is 0 Å². The van der Waals surface area contributed by atoms with Gasteiger partial charge in [0, 0.05) is 0 Å². The molecule has 0 aliphatic carbocycles. The van der Waals surface area contributed by atoms with Crippen LogP contribution in [0.15, 0.2) is 36.4 Å². The van der Waals surface area contributed by atoms with Crippen molar-refractivity contribution in [1.29, 1.82) is 0 Å². The molecule has 0 unspecified atom stereocenters. The summed E-state index contributed by atoms with van der Waals surface area (Å²) in [6.07, 6.45) is 0. The molecule has 0 aliphatic rings. The SMILES string of the molecule is S.[Li+].[OH-].c1ccccc1. The zero-order valence-electron chi connectivity index (χ0n) is 5.41. The second kappa shape index (κ2) is 11.0. The Morgan fingerprint density at radius 3 is 0.778 bits per heavy atom. The molecule has 9 heavy (non-hydrogen) atoms. The summed E-state index contributed by atoms with van der Waals surface area (Å²) in [5, 5.41) is 0. The van der Waals surface area contributed by atoms with Crippen molar-refractivity contribution in [3.8, 4) is 0 Å². The van der Waals surface area contributed by atoms with Crippen LogP contribution < -0.4 is 18.9 Å². The zero-order valence-corrected chi connectivity index (χ0v) is 6.41. The van der Waals surface area contributed by atoms with Gasteiger partial charge in [0.1, 0.15) is 0 Å². The molecular formula is C6H9LiOS. The summed E-state index contributed by atoms with van der Waals surface area (Å²) in [5.74, 6) is 0. The first-order chi connectivity index (χ1) is 3.00. The maximum absolute atomic E-state index is 2.00. The second-order valence-electron chi connectivity index (χ2n) is 1.15. The van der Waals surface area contributed by atoms with Crippen molar-refractivity contribution in [3.63, 3.8) is 0 Å². The first kappa shape index (κ1) is 16.1. The smallest absolute Gasteiger partial charge is 0.870 e. The largest absolute Gasteiger partial charge is 1.00 e. The molecule has 1 N–H and O–H groups in total. The van der Waals surface area contributed by atoms with E-state index in [1.54, 1.807) is 0 Å². The maximum atomic E-state index is 2.00. The van der Waals surface area contributed by atoms with Crippen LogP contribution >= 0.6 is 13.5 Å². The molecule has 0 saturated carbocycles. The monoisotopic (exact) mass is 136 g/mol. The number of rotatable bonds is 0. The molecule has 1 aromatic rings. The Balaban J connectivity index is -0.000000120. The first-order valence-corrected chi connectivity index (χ1v) is 2.00. The Labute approximate surface area is 74.4 Å². The third kappa shape index (κ3) is 8.13. The normalized spacial score (nSPS) is 5.33. The maximum Gasteiger partial charge on any atom is 1.00 e. The fraction of sp³-hybridized carbons (Fsp3) is 0. The minimum atomic E-state index is 0. The van der Waals surface area contributed by atoms with Crippen LogP contribution in [0.25, 0.3) is 0 Å². The van der Waals surface area contributed by atoms with Gasteiger partial charge in [0.05, 0.1) is 0 Å². The van der Waals surface area contributed by atoms with Crippen molar-refractivity contribution >= 4 is 13.5 Å². The van der Waals surface area contributed by atoms with E-state index in [1.165, 1.54) is 0 Å². The van der Waals surface area contributed by atoms with Gasteiger partial charge < -0.3 is 5.48 Å². The summed E-state index contributed by atoms with van der Waals surface area (Å²) in [5.41, 5.74) is 0. The summed E-state index contributed by atoms with van der Waals surface area (Å²) in [4.78, 5) is 0. The summed E-state index contributed by atoms with van der Waals surface area (Å²) < 4.78 is 0. The Bertz CT molecular complexity index is 85.0. The fourth-order valence-electron chi connectivity index (χ4n) is 0.385. The minimum Gasteiger partial charge on any atom is -0.870 e. The standard InChI is InChI=1S/C6H6.Li.H2O.H2S/c1-2-4-6-5-3-1;;;/h1-6H;;2*1H2/q;+1;;/p-1. The van der Waals surface area contributed by atoms with Crippen molar-refractivity contribution in [2.24, 2.45) is 0 Å². The molecule has 1 rings (SSSR count). The molecule has 0 radical (unpaired) electrons. The quantitative estimate of drug-likeness (QED) is 0.404. The Morgan fingerprint density at radius 2 is 0.667 bits per heavy atom. The molecule has 1 nitrogen and oxygen atoms in total.